The minimum Gasteiger partial charge on any atom is -0.367 e. The first-order valence-electron chi connectivity index (χ1n) is 5.65. The fourth-order valence-electron chi connectivity index (χ4n) is 2.19. The van der Waals surface area contributed by atoms with E-state index in [0.717, 1.165) is 17.6 Å². The molecule has 1 saturated heterocycles. The van der Waals surface area contributed by atoms with E-state index in [1.807, 2.05) is 12.4 Å². The van der Waals surface area contributed by atoms with E-state index < -0.39 is 0 Å². The van der Waals surface area contributed by atoms with E-state index in [-0.39, 0.29) is 0 Å². The molecule has 0 aliphatic carbocycles. The third-order valence-corrected chi connectivity index (χ3v) is 3.85. The normalized spacial score (nSPS) is 27.1. The van der Waals surface area contributed by atoms with Crippen molar-refractivity contribution in [2.24, 2.45) is 0 Å². The van der Waals surface area contributed by atoms with Crippen molar-refractivity contribution in [3.05, 3.63) is 22.9 Å². The quantitative estimate of drug-likeness (QED) is 0.789. The summed E-state index contributed by atoms with van der Waals surface area (Å²) < 4.78 is 1.05. The first-order chi connectivity index (χ1) is 7.58. The Labute approximate surface area is 106 Å². The molecule has 0 spiro atoms. The summed E-state index contributed by atoms with van der Waals surface area (Å²) in [6.07, 6.45) is 3.77. The molecule has 1 aliphatic rings. The fourth-order valence-corrected chi connectivity index (χ4v) is 2.54. The smallest absolute Gasteiger partial charge is 0.0565 e. The lowest BCUT2D eigenvalue weighted by Crippen LogP contribution is -2.55. The molecule has 2 heterocycles. The minimum absolute atomic E-state index is 0.586. The number of hydrogen-bond acceptors (Lipinski definition) is 3. The summed E-state index contributed by atoms with van der Waals surface area (Å²) in [5.41, 5.74) is 1.21. The summed E-state index contributed by atoms with van der Waals surface area (Å²) >= 11 is 3.47. The molecule has 16 heavy (non-hydrogen) atoms. The first-order valence-corrected chi connectivity index (χ1v) is 6.44. The van der Waals surface area contributed by atoms with Gasteiger partial charge in [-0.1, -0.05) is 0 Å². The van der Waals surface area contributed by atoms with Gasteiger partial charge in [-0.05, 0) is 42.9 Å². The van der Waals surface area contributed by atoms with Crippen LogP contribution in [0, 0.1) is 0 Å². The first kappa shape index (κ1) is 11.9. The highest BCUT2D eigenvalue weighted by Crippen LogP contribution is 2.23. The largest absolute Gasteiger partial charge is 0.367 e. The maximum atomic E-state index is 4.23. The van der Waals surface area contributed by atoms with Gasteiger partial charge in [0.15, 0.2) is 0 Å². The SMILES string of the molecule is CC1CN(c2cncc(Br)c2)CC(C)N1C. The molecular weight excluding hydrogens is 266 g/mol. The Hall–Kier alpha value is -0.610. The number of likely N-dealkylation sites (N-methyl/N-ethyl adjacent to an activating group) is 1. The van der Waals surface area contributed by atoms with Crippen molar-refractivity contribution in [1.29, 1.82) is 0 Å². The van der Waals surface area contributed by atoms with Crippen molar-refractivity contribution in [2.75, 3.05) is 25.0 Å². The number of aromatic nitrogens is 1. The maximum absolute atomic E-state index is 4.23. The van der Waals surface area contributed by atoms with Gasteiger partial charge >= 0.3 is 0 Å². The molecule has 0 saturated carbocycles. The zero-order valence-electron chi connectivity index (χ0n) is 10.0. The molecule has 0 N–H and O–H groups in total. The molecule has 2 unspecified atom stereocenters. The van der Waals surface area contributed by atoms with Crippen LogP contribution in [0.15, 0.2) is 22.9 Å². The third-order valence-electron chi connectivity index (χ3n) is 3.42. The summed E-state index contributed by atoms with van der Waals surface area (Å²) in [4.78, 5) is 9.07. The van der Waals surface area contributed by atoms with E-state index >= 15 is 0 Å². The number of halogens is 1. The van der Waals surface area contributed by atoms with Gasteiger partial charge in [0.1, 0.15) is 0 Å². The number of anilines is 1. The molecule has 1 aromatic rings. The Morgan fingerprint density at radius 3 is 2.44 bits per heavy atom. The highest BCUT2D eigenvalue weighted by molar-refractivity contribution is 9.10. The maximum Gasteiger partial charge on any atom is 0.0565 e. The predicted molar refractivity (Wildman–Crippen MR) is 70.8 cm³/mol. The second kappa shape index (κ2) is 4.72. The van der Waals surface area contributed by atoms with Gasteiger partial charge in [-0.15, -0.1) is 0 Å². The lowest BCUT2D eigenvalue weighted by Gasteiger charge is -2.43. The van der Waals surface area contributed by atoms with Crippen LogP contribution in [-0.4, -0.2) is 42.1 Å². The van der Waals surface area contributed by atoms with E-state index in [9.17, 15) is 0 Å². The van der Waals surface area contributed by atoms with Crippen molar-refractivity contribution in [3.63, 3.8) is 0 Å². The Bertz CT molecular complexity index is 357. The Morgan fingerprint density at radius 2 is 1.88 bits per heavy atom. The monoisotopic (exact) mass is 283 g/mol. The molecule has 1 aliphatic heterocycles. The molecule has 3 nitrogen and oxygen atoms in total. The van der Waals surface area contributed by atoms with E-state index in [0.29, 0.717) is 12.1 Å². The van der Waals surface area contributed by atoms with Gasteiger partial charge in [-0.2, -0.15) is 0 Å². The predicted octanol–water partition coefficient (Wildman–Crippen LogP) is 2.37. The average Bonchev–Trinajstić information content (AvgIpc) is 2.25. The summed E-state index contributed by atoms with van der Waals surface area (Å²) in [6, 6.07) is 3.31. The lowest BCUT2D eigenvalue weighted by molar-refractivity contribution is 0.170. The summed E-state index contributed by atoms with van der Waals surface area (Å²) in [5, 5.41) is 0. The third kappa shape index (κ3) is 2.38. The van der Waals surface area contributed by atoms with Crippen LogP contribution in [0.2, 0.25) is 0 Å². The highest BCUT2D eigenvalue weighted by atomic mass is 79.9. The highest BCUT2D eigenvalue weighted by Gasteiger charge is 2.26. The summed E-state index contributed by atoms with van der Waals surface area (Å²) in [7, 11) is 2.20. The van der Waals surface area contributed by atoms with Gasteiger partial charge in [0, 0.05) is 35.8 Å². The molecule has 1 aromatic heterocycles. The van der Waals surface area contributed by atoms with Crippen LogP contribution in [0.1, 0.15) is 13.8 Å². The number of pyridine rings is 1. The molecule has 0 bridgehead atoms. The molecule has 0 radical (unpaired) electrons. The van der Waals surface area contributed by atoms with Crippen LogP contribution in [0.3, 0.4) is 0 Å². The standard InChI is InChI=1S/C12H18BrN3/c1-9-7-16(8-10(2)15(9)3)12-4-11(13)5-14-6-12/h4-6,9-10H,7-8H2,1-3H3. The Morgan fingerprint density at radius 1 is 1.25 bits per heavy atom. The van der Waals surface area contributed by atoms with Gasteiger partial charge in [0.2, 0.25) is 0 Å². The number of nitrogens with zero attached hydrogens (tertiary/aromatic N) is 3. The molecular formula is C12H18BrN3. The van der Waals surface area contributed by atoms with E-state index in [1.54, 1.807) is 0 Å². The molecule has 88 valence electrons. The van der Waals surface area contributed by atoms with Crippen LogP contribution < -0.4 is 4.90 Å². The van der Waals surface area contributed by atoms with Crippen LogP contribution in [0.25, 0.3) is 0 Å². The second-order valence-corrected chi connectivity index (χ2v) is 5.55. The average molecular weight is 284 g/mol. The topological polar surface area (TPSA) is 19.4 Å². The Balaban J connectivity index is 2.17. The van der Waals surface area contributed by atoms with E-state index in [4.69, 9.17) is 0 Å². The number of piperazine rings is 1. The molecule has 2 rings (SSSR count). The lowest BCUT2D eigenvalue weighted by atomic mass is 10.1. The van der Waals surface area contributed by atoms with Crippen molar-refractivity contribution < 1.29 is 0 Å². The van der Waals surface area contributed by atoms with E-state index in [1.165, 1.54) is 5.69 Å². The molecule has 1 fully saturated rings. The van der Waals surface area contributed by atoms with Gasteiger partial charge in [0.05, 0.1) is 11.9 Å². The van der Waals surface area contributed by atoms with Crippen LogP contribution in [-0.2, 0) is 0 Å². The van der Waals surface area contributed by atoms with Crippen molar-refractivity contribution in [1.82, 2.24) is 9.88 Å². The molecule has 0 aromatic carbocycles. The minimum atomic E-state index is 0.586. The Kier molecular flexibility index (Phi) is 3.50. The fraction of sp³-hybridized carbons (Fsp3) is 0.583. The van der Waals surface area contributed by atoms with Gasteiger partial charge in [-0.3, -0.25) is 9.88 Å². The zero-order valence-corrected chi connectivity index (χ0v) is 11.6. The van der Waals surface area contributed by atoms with Crippen molar-refractivity contribution >= 4 is 21.6 Å². The van der Waals surface area contributed by atoms with Crippen molar-refractivity contribution in [3.8, 4) is 0 Å². The van der Waals surface area contributed by atoms with E-state index in [2.05, 4.69) is 57.7 Å². The molecule has 0 amide bonds. The zero-order chi connectivity index (χ0) is 11.7. The number of hydrogen-bond donors (Lipinski definition) is 0. The summed E-state index contributed by atoms with van der Waals surface area (Å²) in [6.45, 7) is 6.68. The van der Waals surface area contributed by atoms with Gasteiger partial charge < -0.3 is 4.90 Å². The van der Waals surface area contributed by atoms with Crippen LogP contribution >= 0.6 is 15.9 Å². The number of rotatable bonds is 1. The van der Waals surface area contributed by atoms with Crippen molar-refractivity contribution in [2.45, 2.75) is 25.9 Å². The van der Waals surface area contributed by atoms with Crippen LogP contribution in [0.5, 0.6) is 0 Å². The summed E-state index contributed by atoms with van der Waals surface area (Å²) in [5.74, 6) is 0. The second-order valence-electron chi connectivity index (χ2n) is 4.63. The van der Waals surface area contributed by atoms with Gasteiger partial charge in [-0.25, -0.2) is 0 Å². The van der Waals surface area contributed by atoms with Crippen LogP contribution in [0.4, 0.5) is 5.69 Å². The molecule has 2 atom stereocenters. The van der Waals surface area contributed by atoms with Gasteiger partial charge in [0.25, 0.3) is 0 Å². The molecule has 4 heteroatoms.